The number of amides is 1. The number of nitro benzene ring substituents is 1. The molecule has 0 fully saturated rings. The largest absolute Gasteiger partial charge is 0.497 e. The maximum Gasteiger partial charge on any atom is 0.433 e. The van der Waals surface area contributed by atoms with Crippen LogP contribution in [0.4, 0.5) is 24.5 Å². The molecule has 1 N–H and O–H groups in total. The molecule has 5 aromatic rings. The Morgan fingerprint density at radius 1 is 1.02 bits per heavy atom. The van der Waals surface area contributed by atoms with Crippen LogP contribution in [-0.4, -0.2) is 32.5 Å². The number of ether oxygens (including phenoxy) is 2. The number of halogens is 4. The van der Waals surface area contributed by atoms with Gasteiger partial charge in [0.1, 0.15) is 22.3 Å². The maximum absolute atomic E-state index is 14.1. The van der Waals surface area contributed by atoms with Gasteiger partial charge < -0.3 is 14.8 Å². The van der Waals surface area contributed by atoms with Crippen LogP contribution in [0.25, 0.3) is 16.9 Å². The lowest BCUT2D eigenvalue weighted by Gasteiger charge is -2.11. The van der Waals surface area contributed by atoms with Crippen LogP contribution in [0.15, 0.2) is 72.8 Å². The highest BCUT2D eigenvalue weighted by molar-refractivity contribution is 6.37. The zero-order chi connectivity index (χ0) is 30.2. The molecule has 14 heteroatoms. The lowest BCUT2D eigenvalue weighted by Crippen LogP contribution is -2.16. The summed E-state index contributed by atoms with van der Waals surface area (Å²) in [7, 11) is 1.41. The van der Waals surface area contributed by atoms with Gasteiger partial charge in [-0.15, -0.1) is 0 Å². The number of methoxy groups -OCH3 is 1. The van der Waals surface area contributed by atoms with Gasteiger partial charge in [0.15, 0.2) is 17.0 Å². The van der Waals surface area contributed by atoms with Gasteiger partial charge in [0.25, 0.3) is 11.6 Å². The summed E-state index contributed by atoms with van der Waals surface area (Å²) in [6.07, 6.45) is -4.89. The predicted molar refractivity (Wildman–Crippen MR) is 147 cm³/mol. The molecular formula is C28H19ClF3N5O5. The van der Waals surface area contributed by atoms with E-state index in [-0.39, 0.29) is 17.1 Å². The summed E-state index contributed by atoms with van der Waals surface area (Å²) < 4.78 is 53.6. The van der Waals surface area contributed by atoms with Crippen molar-refractivity contribution in [3.05, 3.63) is 105 Å². The molecule has 2 aromatic heterocycles. The number of hydrogen-bond acceptors (Lipinski definition) is 7. The van der Waals surface area contributed by atoms with Crippen molar-refractivity contribution in [1.82, 2.24) is 14.6 Å². The lowest BCUT2D eigenvalue weighted by atomic mass is 10.1. The second kappa shape index (κ2) is 11.0. The minimum Gasteiger partial charge on any atom is -0.497 e. The number of aromatic nitrogens is 3. The molecular weight excluding hydrogens is 579 g/mol. The normalized spacial score (nSPS) is 11.4. The molecule has 214 valence electrons. The number of alkyl halides is 3. The Labute approximate surface area is 240 Å². The number of carbonyl (C=O) groups excluding carboxylic acids is 1. The SMILES string of the molecule is COc1cccc(-c2cc(C(F)(F)F)n3nc(C(=O)Nc4cc(Oc5cccc(C)c5)cc([N+](=O)[O-])c4)c(Cl)c3n2)c1. The van der Waals surface area contributed by atoms with Gasteiger partial charge in [-0.25, -0.2) is 9.50 Å². The third kappa shape index (κ3) is 5.81. The second-order valence-corrected chi connectivity index (χ2v) is 9.38. The van der Waals surface area contributed by atoms with E-state index in [1.165, 1.54) is 25.3 Å². The van der Waals surface area contributed by atoms with Crippen molar-refractivity contribution < 1.29 is 32.4 Å². The number of aryl methyl sites for hydroxylation is 1. The minimum absolute atomic E-state index is 0.0372. The molecule has 0 bridgehead atoms. The molecule has 0 aliphatic heterocycles. The topological polar surface area (TPSA) is 121 Å². The highest BCUT2D eigenvalue weighted by atomic mass is 35.5. The Kier molecular flexibility index (Phi) is 7.44. The van der Waals surface area contributed by atoms with Crippen LogP contribution >= 0.6 is 11.6 Å². The molecule has 1 amide bonds. The summed E-state index contributed by atoms with van der Waals surface area (Å²) in [6.45, 7) is 1.84. The van der Waals surface area contributed by atoms with Crippen LogP contribution < -0.4 is 14.8 Å². The molecule has 0 aliphatic carbocycles. The Morgan fingerprint density at radius 3 is 2.45 bits per heavy atom. The molecule has 42 heavy (non-hydrogen) atoms. The third-order valence-corrected chi connectivity index (χ3v) is 6.34. The Balaban J connectivity index is 1.54. The highest BCUT2D eigenvalue weighted by Crippen LogP contribution is 2.36. The molecule has 3 aromatic carbocycles. The second-order valence-electron chi connectivity index (χ2n) is 9.00. The van der Waals surface area contributed by atoms with Crippen molar-refractivity contribution >= 4 is 34.5 Å². The van der Waals surface area contributed by atoms with E-state index in [9.17, 15) is 28.1 Å². The van der Waals surface area contributed by atoms with E-state index in [1.54, 1.807) is 30.3 Å². The Morgan fingerprint density at radius 2 is 1.76 bits per heavy atom. The van der Waals surface area contributed by atoms with Gasteiger partial charge in [-0.3, -0.25) is 14.9 Å². The molecule has 2 heterocycles. The average molecular weight is 598 g/mol. The lowest BCUT2D eigenvalue weighted by molar-refractivity contribution is -0.384. The zero-order valence-electron chi connectivity index (χ0n) is 21.8. The van der Waals surface area contributed by atoms with E-state index in [0.717, 1.165) is 23.8 Å². The monoisotopic (exact) mass is 597 g/mol. The maximum atomic E-state index is 14.1. The van der Waals surface area contributed by atoms with Crippen molar-refractivity contribution in [2.75, 3.05) is 12.4 Å². The summed E-state index contributed by atoms with van der Waals surface area (Å²) >= 11 is 6.36. The summed E-state index contributed by atoms with van der Waals surface area (Å²) in [5, 5.41) is 17.3. The molecule has 5 rings (SSSR count). The number of fused-ring (bicyclic) bond motifs is 1. The summed E-state index contributed by atoms with van der Waals surface area (Å²) in [6, 6.07) is 17.5. The molecule has 0 spiro atoms. The molecule has 0 aliphatic rings. The first-order chi connectivity index (χ1) is 19.9. The number of nitro groups is 1. The minimum atomic E-state index is -4.89. The number of rotatable bonds is 7. The first kappa shape index (κ1) is 28.4. The fraction of sp³-hybridized carbons (Fsp3) is 0.107. The van der Waals surface area contributed by atoms with Gasteiger partial charge in [0, 0.05) is 17.7 Å². The van der Waals surface area contributed by atoms with Gasteiger partial charge in [0.05, 0.1) is 29.5 Å². The molecule has 0 atom stereocenters. The molecule has 0 saturated carbocycles. The van der Waals surface area contributed by atoms with E-state index >= 15 is 0 Å². The van der Waals surface area contributed by atoms with Crippen molar-refractivity contribution in [2.45, 2.75) is 13.1 Å². The van der Waals surface area contributed by atoms with E-state index in [4.69, 9.17) is 21.1 Å². The Hall–Kier alpha value is -5.17. The summed E-state index contributed by atoms with van der Waals surface area (Å²) in [5.74, 6) is -0.197. The molecule has 0 saturated heterocycles. The average Bonchev–Trinajstić information content (AvgIpc) is 3.28. The van der Waals surface area contributed by atoms with Crippen LogP contribution in [0, 0.1) is 17.0 Å². The quantitative estimate of drug-likeness (QED) is 0.154. The van der Waals surface area contributed by atoms with Crippen molar-refractivity contribution in [3.8, 4) is 28.5 Å². The van der Waals surface area contributed by atoms with Crippen molar-refractivity contribution in [1.29, 1.82) is 0 Å². The number of nitrogens with zero attached hydrogens (tertiary/aromatic N) is 4. The van der Waals surface area contributed by atoms with Gasteiger partial charge in [-0.05, 0) is 42.8 Å². The molecule has 0 radical (unpaired) electrons. The van der Waals surface area contributed by atoms with Crippen LogP contribution in [0.3, 0.4) is 0 Å². The van der Waals surface area contributed by atoms with E-state index in [2.05, 4.69) is 15.4 Å². The number of carbonyl (C=O) groups is 1. The summed E-state index contributed by atoms with van der Waals surface area (Å²) in [4.78, 5) is 28.3. The number of nitrogens with one attached hydrogen (secondary N) is 1. The van der Waals surface area contributed by atoms with Gasteiger partial charge in [0.2, 0.25) is 0 Å². The van der Waals surface area contributed by atoms with Gasteiger partial charge in [-0.2, -0.15) is 18.3 Å². The van der Waals surface area contributed by atoms with Gasteiger partial charge >= 0.3 is 6.18 Å². The number of anilines is 1. The van der Waals surface area contributed by atoms with E-state index in [1.807, 2.05) is 13.0 Å². The van der Waals surface area contributed by atoms with E-state index < -0.39 is 44.8 Å². The standard InChI is InChI=1S/C28H19ClF3N5O5/c1-15-5-3-8-20(9-15)42-21-12-17(11-18(13-21)37(39)40)33-27(38)25-24(29)26-34-22(16-6-4-7-19(10-16)41-2)14-23(28(30,31)32)36(26)35-25/h3-14H,1-2H3,(H,33,38). The van der Waals surface area contributed by atoms with Crippen molar-refractivity contribution in [2.24, 2.45) is 0 Å². The van der Waals surface area contributed by atoms with Crippen LogP contribution in [0.5, 0.6) is 17.2 Å². The fourth-order valence-electron chi connectivity index (χ4n) is 4.09. The van der Waals surface area contributed by atoms with Gasteiger partial charge in [-0.1, -0.05) is 35.9 Å². The van der Waals surface area contributed by atoms with Crippen molar-refractivity contribution in [3.63, 3.8) is 0 Å². The molecule has 0 unspecified atom stereocenters. The third-order valence-electron chi connectivity index (χ3n) is 5.99. The first-order valence-corrected chi connectivity index (χ1v) is 12.5. The first-order valence-electron chi connectivity index (χ1n) is 12.1. The predicted octanol–water partition coefficient (Wildman–Crippen LogP) is 7.34. The van der Waals surface area contributed by atoms with Crippen LogP contribution in [-0.2, 0) is 6.18 Å². The zero-order valence-corrected chi connectivity index (χ0v) is 22.5. The highest BCUT2D eigenvalue weighted by Gasteiger charge is 2.37. The summed E-state index contributed by atoms with van der Waals surface area (Å²) in [5.41, 5.74) is -1.60. The Bertz CT molecular complexity index is 1860. The number of non-ortho nitro benzene ring substituents is 1. The smallest absolute Gasteiger partial charge is 0.433 e. The number of hydrogen-bond donors (Lipinski definition) is 1. The van der Waals surface area contributed by atoms with Crippen LogP contribution in [0.1, 0.15) is 21.7 Å². The molecule has 10 nitrogen and oxygen atoms in total. The van der Waals surface area contributed by atoms with Crippen LogP contribution in [0.2, 0.25) is 5.02 Å². The van der Waals surface area contributed by atoms with E-state index in [0.29, 0.717) is 21.6 Å². The number of benzene rings is 3. The fourth-order valence-corrected chi connectivity index (χ4v) is 4.34.